The lowest BCUT2D eigenvalue weighted by atomic mass is 10.2. The van der Waals surface area contributed by atoms with E-state index in [1.165, 1.54) is 0 Å². The minimum absolute atomic E-state index is 0.168. The van der Waals surface area contributed by atoms with Crippen molar-refractivity contribution in [3.63, 3.8) is 0 Å². The predicted octanol–water partition coefficient (Wildman–Crippen LogP) is 3.28. The lowest BCUT2D eigenvalue weighted by Gasteiger charge is -2.10. The van der Waals surface area contributed by atoms with Gasteiger partial charge in [-0.05, 0) is 38.8 Å². The van der Waals surface area contributed by atoms with Crippen molar-refractivity contribution in [3.8, 4) is 0 Å². The van der Waals surface area contributed by atoms with Gasteiger partial charge in [-0.1, -0.05) is 0 Å². The molecule has 0 bridgehead atoms. The van der Waals surface area contributed by atoms with Crippen molar-refractivity contribution < 1.29 is 23.4 Å². The number of unbranched alkanes of at least 4 members (excludes halogenated alkanes) is 1. The lowest BCUT2D eigenvalue weighted by Crippen LogP contribution is -2.10. The van der Waals surface area contributed by atoms with Crippen LogP contribution in [0, 0.1) is 11.6 Å². The number of ether oxygens (including phenoxy) is 1. The van der Waals surface area contributed by atoms with Crippen LogP contribution in [0.15, 0.2) is 12.1 Å². The van der Waals surface area contributed by atoms with Crippen LogP contribution in [0.1, 0.15) is 37.0 Å². The molecule has 0 aliphatic carbocycles. The van der Waals surface area contributed by atoms with Gasteiger partial charge in [-0.15, -0.1) is 0 Å². The van der Waals surface area contributed by atoms with E-state index in [2.05, 4.69) is 5.32 Å². The Morgan fingerprint density at radius 2 is 1.90 bits per heavy atom. The Morgan fingerprint density at radius 3 is 2.40 bits per heavy atom. The average molecular weight is 287 g/mol. The number of hydrogen-bond acceptors (Lipinski definition) is 3. The summed E-state index contributed by atoms with van der Waals surface area (Å²) in [5, 5.41) is 11.3. The van der Waals surface area contributed by atoms with Crippen molar-refractivity contribution in [1.29, 1.82) is 0 Å². The molecule has 0 heterocycles. The van der Waals surface area contributed by atoms with E-state index in [0.717, 1.165) is 18.6 Å². The van der Waals surface area contributed by atoms with E-state index in [4.69, 9.17) is 9.84 Å². The Balaban J connectivity index is 2.46. The normalized spacial score (nSPS) is 10.8. The van der Waals surface area contributed by atoms with Gasteiger partial charge in [0.1, 0.15) is 17.3 Å². The van der Waals surface area contributed by atoms with Crippen molar-refractivity contribution in [3.05, 3.63) is 29.3 Å². The summed E-state index contributed by atoms with van der Waals surface area (Å²) < 4.78 is 32.5. The predicted molar refractivity (Wildman–Crippen MR) is 72.1 cm³/mol. The highest BCUT2D eigenvalue weighted by Gasteiger charge is 2.14. The second kappa shape index (κ2) is 7.79. The number of anilines is 1. The molecule has 1 aromatic carbocycles. The molecule has 0 saturated heterocycles. The molecule has 112 valence electrons. The van der Waals surface area contributed by atoms with Crippen LogP contribution in [-0.2, 0) is 4.74 Å². The third-order valence-electron chi connectivity index (χ3n) is 2.61. The number of aromatic carboxylic acids is 1. The number of benzene rings is 1. The maximum absolute atomic E-state index is 13.6. The lowest BCUT2D eigenvalue weighted by molar-refractivity contribution is 0.0695. The topological polar surface area (TPSA) is 58.6 Å². The van der Waals surface area contributed by atoms with Crippen LogP contribution in [0.3, 0.4) is 0 Å². The van der Waals surface area contributed by atoms with Gasteiger partial charge in [0.05, 0.1) is 11.7 Å². The molecule has 0 aromatic heterocycles. The number of carboxylic acid groups (broad SMARTS) is 1. The maximum Gasteiger partial charge on any atom is 0.335 e. The number of rotatable bonds is 8. The maximum atomic E-state index is 13.6. The zero-order chi connectivity index (χ0) is 15.1. The molecule has 4 nitrogen and oxygen atoms in total. The summed E-state index contributed by atoms with van der Waals surface area (Å²) in [6.07, 6.45) is 1.65. The van der Waals surface area contributed by atoms with Gasteiger partial charge < -0.3 is 15.2 Å². The number of carbonyl (C=O) groups is 1. The molecule has 0 unspecified atom stereocenters. The molecular weight excluding hydrogens is 268 g/mol. The minimum atomic E-state index is -1.36. The summed E-state index contributed by atoms with van der Waals surface area (Å²) >= 11 is 0. The third-order valence-corrected chi connectivity index (χ3v) is 2.61. The van der Waals surface area contributed by atoms with Gasteiger partial charge in [0, 0.05) is 13.2 Å². The van der Waals surface area contributed by atoms with E-state index in [-0.39, 0.29) is 11.8 Å². The Bertz CT molecular complexity index is 441. The SMILES string of the molecule is CC(C)OCCCCNc1c(F)cc(C(=O)O)cc1F. The number of nitrogens with one attached hydrogen (secondary N) is 1. The van der Waals surface area contributed by atoms with E-state index in [1.807, 2.05) is 13.8 Å². The second-order valence-electron chi connectivity index (χ2n) is 4.67. The van der Waals surface area contributed by atoms with Crippen LogP contribution < -0.4 is 5.32 Å². The monoisotopic (exact) mass is 287 g/mol. The molecule has 0 aliphatic heterocycles. The van der Waals surface area contributed by atoms with Gasteiger partial charge in [0.25, 0.3) is 0 Å². The summed E-state index contributed by atoms with van der Waals surface area (Å²) in [5.74, 6) is -3.16. The molecule has 0 fully saturated rings. The highest BCUT2D eigenvalue weighted by atomic mass is 19.1. The van der Waals surface area contributed by atoms with E-state index in [9.17, 15) is 13.6 Å². The minimum Gasteiger partial charge on any atom is -0.478 e. The molecule has 0 atom stereocenters. The highest BCUT2D eigenvalue weighted by Crippen LogP contribution is 2.20. The van der Waals surface area contributed by atoms with Crippen molar-refractivity contribution in [2.24, 2.45) is 0 Å². The van der Waals surface area contributed by atoms with Crippen LogP contribution in [0.2, 0.25) is 0 Å². The standard InChI is InChI=1S/C14H19F2NO3/c1-9(2)20-6-4-3-5-17-13-11(15)7-10(14(18)19)8-12(13)16/h7-9,17H,3-6H2,1-2H3,(H,18,19). The second-order valence-corrected chi connectivity index (χ2v) is 4.67. The zero-order valence-corrected chi connectivity index (χ0v) is 11.6. The van der Waals surface area contributed by atoms with Gasteiger partial charge in [-0.2, -0.15) is 0 Å². The first-order valence-corrected chi connectivity index (χ1v) is 6.49. The Hall–Kier alpha value is -1.69. The fraction of sp³-hybridized carbons (Fsp3) is 0.500. The average Bonchev–Trinajstić information content (AvgIpc) is 2.35. The van der Waals surface area contributed by atoms with Gasteiger partial charge in [0.15, 0.2) is 0 Å². The molecule has 0 amide bonds. The first kappa shape index (κ1) is 16.4. The highest BCUT2D eigenvalue weighted by molar-refractivity contribution is 5.88. The van der Waals surface area contributed by atoms with Crippen LogP contribution in [0.4, 0.5) is 14.5 Å². The summed E-state index contributed by atoms with van der Waals surface area (Å²) in [4.78, 5) is 10.6. The fourth-order valence-corrected chi connectivity index (χ4v) is 1.62. The number of halogens is 2. The van der Waals surface area contributed by atoms with Gasteiger partial charge in [-0.25, -0.2) is 13.6 Å². The molecule has 0 radical (unpaired) electrons. The quantitative estimate of drug-likeness (QED) is 0.720. The molecule has 1 rings (SSSR count). The molecule has 0 spiro atoms. The summed E-state index contributed by atoms with van der Waals surface area (Å²) in [5.41, 5.74) is -0.698. The van der Waals surface area contributed by atoms with Crippen molar-refractivity contribution in [1.82, 2.24) is 0 Å². The molecule has 0 saturated carbocycles. The number of hydrogen-bond donors (Lipinski definition) is 2. The van der Waals surface area contributed by atoms with E-state index in [0.29, 0.717) is 19.6 Å². The third kappa shape index (κ3) is 5.13. The van der Waals surface area contributed by atoms with Gasteiger partial charge >= 0.3 is 5.97 Å². The summed E-state index contributed by atoms with van der Waals surface area (Å²) in [7, 11) is 0. The van der Waals surface area contributed by atoms with Gasteiger partial charge in [-0.3, -0.25) is 0 Å². The molecule has 6 heteroatoms. The van der Waals surface area contributed by atoms with Crippen LogP contribution in [0.5, 0.6) is 0 Å². The molecule has 20 heavy (non-hydrogen) atoms. The summed E-state index contributed by atoms with van der Waals surface area (Å²) in [6, 6.07) is 1.60. The smallest absolute Gasteiger partial charge is 0.335 e. The molecule has 2 N–H and O–H groups in total. The van der Waals surface area contributed by atoms with Crippen molar-refractivity contribution in [2.45, 2.75) is 32.8 Å². The summed E-state index contributed by atoms with van der Waals surface area (Å²) in [6.45, 7) is 4.87. The van der Waals surface area contributed by atoms with Crippen LogP contribution in [-0.4, -0.2) is 30.3 Å². The van der Waals surface area contributed by atoms with Gasteiger partial charge in [0.2, 0.25) is 0 Å². The van der Waals surface area contributed by atoms with E-state index >= 15 is 0 Å². The largest absolute Gasteiger partial charge is 0.478 e. The van der Waals surface area contributed by atoms with E-state index in [1.54, 1.807) is 0 Å². The van der Waals surface area contributed by atoms with Crippen molar-refractivity contribution >= 4 is 11.7 Å². The first-order chi connectivity index (χ1) is 9.41. The Labute approximate surface area is 116 Å². The van der Waals surface area contributed by atoms with E-state index < -0.39 is 23.2 Å². The molecule has 1 aromatic rings. The first-order valence-electron chi connectivity index (χ1n) is 6.49. The van der Waals surface area contributed by atoms with Crippen LogP contribution in [0.25, 0.3) is 0 Å². The van der Waals surface area contributed by atoms with Crippen LogP contribution >= 0.6 is 0 Å². The Kier molecular flexibility index (Phi) is 6.38. The number of carboxylic acids is 1. The Morgan fingerprint density at radius 1 is 1.30 bits per heavy atom. The zero-order valence-electron chi connectivity index (χ0n) is 11.6. The molecule has 0 aliphatic rings. The molecular formula is C14H19F2NO3. The van der Waals surface area contributed by atoms with Crippen molar-refractivity contribution in [2.75, 3.05) is 18.5 Å². The fourth-order valence-electron chi connectivity index (χ4n) is 1.62.